The SMILES string of the molecule is CCN(CC)c1c(F)[c]nn1C. The van der Waals surface area contributed by atoms with Crippen molar-refractivity contribution in [3.8, 4) is 0 Å². The zero-order valence-corrected chi connectivity index (χ0v) is 7.63. The minimum Gasteiger partial charge on any atom is -0.355 e. The van der Waals surface area contributed by atoms with E-state index >= 15 is 0 Å². The Labute approximate surface area is 71.8 Å². The number of aromatic nitrogens is 2. The van der Waals surface area contributed by atoms with Crippen molar-refractivity contribution in [3.63, 3.8) is 0 Å². The van der Waals surface area contributed by atoms with Gasteiger partial charge in [-0.2, -0.15) is 5.10 Å². The van der Waals surface area contributed by atoms with Gasteiger partial charge in [-0.15, -0.1) is 0 Å². The molecule has 0 unspecified atom stereocenters. The lowest BCUT2D eigenvalue weighted by Gasteiger charge is -2.20. The molecule has 12 heavy (non-hydrogen) atoms. The number of nitrogens with zero attached hydrogens (tertiary/aromatic N) is 3. The van der Waals surface area contributed by atoms with Gasteiger partial charge in [-0.1, -0.05) is 0 Å². The van der Waals surface area contributed by atoms with Crippen LogP contribution < -0.4 is 4.90 Å². The fourth-order valence-electron chi connectivity index (χ4n) is 1.22. The largest absolute Gasteiger partial charge is 0.355 e. The topological polar surface area (TPSA) is 21.1 Å². The van der Waals surface area contributed by atoms with Crippen molar-refractivity contribution in [2.75, 3.05) is 18.0 Å². The van der Waals surface area contributed by atoms with E-state index in [9.17, 15) is 4.39 Å². The fourth-order valence-corrected chi connectivity index (χ4v) is 1.22. The highest BCUT2D eigenvalue weighted by molar-refractivity contribution is 5.38. The Bertz CT molecular complexity index is 233. The Morgan fingerprint density at radius 2 is 2.08 bits per heavy atom. The molecule has 0 aliphatic carbocycles. The summed E-state index contributed by atoms with van der Waals surface area (Å²) in [7, 11) is 1.72. The molecule has 0 atom stereocenters. The van der Waals surface area contributed by atoms with Crippen LogP contribution in [0, 0.1) is 12.0 Å². The van der Waals surface area contributed by atoms with Crippen LogP contribution in [0.25, 0.3) is 0 Å². The van der Waals surface area contributed by atoms with Gasteiger partial charge in [0, 0.05) is 20.1 Å². The molecule has 4 heteroatoms. The van der Waals surface area contributed by atoms with Crippen molar-refractivity contribution >= 4 is 5.82 Å². The molecule has 0 aliphatic rings. The van der Waals surface area contributed by atoms with Gasteiger partial charge in [0.2, 0.25) is 0 Å². The molecule has 1 aromatic heterocycles. The summed E-state index contributed by atoms with van der Waals surface area (Å²) < 4.78 is 14.6. The maximum Gasteiger partial charge on any atom is 0.195 e. The van der Waals surface area contributed by atoms with Gasteiger partial charge in [0.05, 0.1) is 0 Å². The quantitative estimate of drug-likeness (QED) is 0.679. The van der Waals surface area contributed by atoms with Crippen molar-refractivity contribution < 1.29 is 4.39 Å². The highest BCUT2D eigenvalue weighted by Gasteiger charge is 2.13. The van der Waals surface area contributed by atoms with E-state index in [1.165, 1.54) is 4.68 Å². The lowest BCUT2D eigenvalue weighted by molar-refractivity contribution is 0.612. The molecule has 0 N–H and O–H groups in total. The highest BCUT2D eigenvalue weighted by Crippen LogP contribution is 2.16. The molecule has 0 spiro atoms. The molecular formula is C8H13FN3. The van der Waals surface area contributed by atoms with Crippen molar-refractivity contribution in [1.29, 1.82) is 0 Å². The van der Waals surface area contributed by atoms with E-state index in [1.807, 2.05) is 18.7 Å². The predicted octanol–water partition coefficient (Wildman–Crippen LogP) is 1.21. The van der Waals surface area contributed by atoms with Gasteiger partial charge in [0.25, 0.3) is 0 Å². The Kier molecular flexibility index (Phi) is 2.68. The number of aryl methyl sites for hydroxylation is 1. The van der Waals surface area contributed by atoms with Crippen molar-refractivity contribution in [1.82, 2.24) is 9.78 Å². The van der Waals surface area contributed by atoms with Crippen LogP contribution in [0.15, 0.2) is 0 Å². The summed E-state index contributed by atoms with van der Waals surface area (Å²) in [4.78, 5) is 1.90. The Balaban J connectivity index is 2.98. The molecule has 0 amide bonds. The molecule has 0 bridgehead atoms. The first-order valence-electron chi connectivity index (χ1n) is 4.05. The Hall–Kier alpha value is -1.06. The van der Waals surface area contributed by atoms with Crippen LogP contribution in [0.4, 0.5) is 10.2 Å². The summed E-state index contributed by atoms with van der Waals surface area (Å²) in [6.07, 6.45) is 2.29. The number of halogens is 1. The van der Waals surface area contributed by atoms with E-state index in [1.54, 1.807) is 7.05 Å². The molecule has 0 saturated carbocycles. The molecule has 3 nitrogen and oxygen atoms in total. The van der Waals surface area contributed by atoms with Crippen molar-refractivity contribution in [2.45, 2.75) is 13.8 Å². The number of anilines is 1. The average molecular weight is 170 g/mol. The maximum atomic E-state index is 13.1. The van der Waals surface area contributed by atoms with Crippen LogP contribution in [-0.2, 0) is 7.05 Å². The first-order chi connectivity index (χ1) is 5.70. The van der Waals surface area contributed by atoms with Gasteiger partial charge in [0.1, 0.15) is 0 Å². The molecule has 67 valence electrons. The van der Waals surface area contributed by atoms with E-state index in [-0.39, 0.29) is 5.82 Å². The van der Waals surface area contributed by atoms with Gasteiger partial charge in [-0.25, -0.2) is 9.07 Å². The van der Waals surface area contributed by atoms with E-state index in [2.05, 4.69) is 11.3 Å². The van der Waals surface area contributed by atoms with Gasteiger partial charge >= 0.3 is 0 Å². The maximum absolute atomic E-state index is 13.1. The third-order valence-corrected chi connectivity index (χ3v) is 1.86. The molecular weight excluding hydrogens is 157 g/mol. The van der Waals surface area contributed by atoms with Gasteiger partial charge < -0.3 is 4.90 Å². The molecule has 0 aliphatic heterocycles. The molecule has 1 rings (SSSR count). The zero-order valence-electron chi connectivity index (χ0n) is 7.63. The summed E-state index contributed by atoms with van der Waals surface area (Å²) in [6.45, 7) is 5.52. The highest BCUT2D eigenvalue weighted by atomic mass is 19.1. The second kappa shape index (κ2) is 3.56. The van der Waals surface area contributed by atoms with Crippen LogP contribution in [0.2, 0.25) is 0 Å². The molecule has 1 heterocycles. The second-order valence-corrected chi connectivity index (χ2v) is 2.55. The van der Waals surface area contributed by atoms with Crippen LogP contribution in [0.3, 0.4) is 0 Å². The third-order valence-electron chi connectivity index (χ3n) is 1.86. The van der Waals surface area contributed by atoms with E-state index in [0.29, 0.717) is 5.82 Å². The average Bonchev–Trinajstić information content (AvgIpc) is 2.38. The third kappa shape index (κ3) is 1.42. The molecule has 1 radical (unpaired) electrons. The standard InChI is InChI=1S/C8H13FN3/c1-4-12(5-2)8-7(9)6-10-11(8)3/h4-5H2,1-3H3. The summed E-state index contributed by atoms with van der Waals surface area (Å²) in [6, 6.07) is 0. The number of hydrogen-bond donors (Lipinski definition) is 0. The molecule has 0 fully saturated rings. The summed E-state index contributed by atoms with van der Waals surface area (Å²) >= 11 is 0. The Morgan fingerprint density at radius 3 is 2.42 bits per heavy atom. The molecule has 0 saturated heterocycles. The van der Waals surface area contributed by atoms with E-state index < -0.39 is 0 Å². The lowest BCUT2D eigenvalue weighted by atomic mass is 10.4. The van der Waals surface area contributed by atoms with Crippen LogP contribution in [0.5, 0.6) is 0 Å². The van der Waals surface area contributed by atoms with Gasteiger partial charge in [-0.3, -0.25) is 0 Å². The molecule has 1 aromatic rings. The van der Waals surface area contributed by atoms with Crippen LogP contribution in [0.1, 0.15) is 13.8 Å². The first-order valence-corrected chi connectivity index (χ1v) is 4.05. The lowest BCUT2D eigenvalue weighted by Crippen LogP contribution is -2.25. The Morgan fingerprint density at radius 1 is 1.50 bits per heavy atom. The zero-order chi connectivity index (χ0) is 9.14. The summed E-state index contributed by atoms with van der Waals surface area (Å²) in [5, 5.41) is 3.71. The van der Waals surface area contributed by atoms with Crippen LogP contribution in [-0.4, -0.2) is 22.9 Å². The van der Waals surface area contributed by atoms with Gasteiger partial charge in [-0.05, 0) is 13.8 Å². The van der Waals surface area contributed by atoms with Crippen molar-refractivity contribution in [2.24, 2.45) is 7.05 Å². The normalized spacial score (nSPS) is 10.3. The summed E-state index contributed by atoms with van der Waals surface area (Å²) in [5.41, 5.74) is 0. The summed E-state index contributed by atoms with van der Waals surface area (Å²) in [5.74, 6) is 0.140. The molecule has 0 aromatic carbocycles. The first kappa shape index (κ1) is 9.03. The van der Waals surface area contributed by atoms with E-state index in [0.717, 1.165) is 13.1 Å². The fraction of sp³-hybridized carbons (Fsp3) is 0.625. The predicted molar refractivity (Wildman–Crippen MR) is 45.6 cm³/mol. The minimum atomic E-state index is -0.374. The van der Waals surface area contributed by atoms with Crippen molar-refractivity contribution in [3.05, 3.63) is 12.0 Å². The number of hydrogen-bond acceptors (Lipinski definition) is 2. The second-order valence-electron chi connectivity index (χ2n) is 2.55. The number of rotatable bonds is 3. The minimum absolute atomic E-state index is 0.374. The van der Waals surface area contributed by atoms with E-state index in [4.69, 9.17) is 0 Å². The van der Waals surface area contributed by atoms with Crippen LogP contribution >= 0.6 is 0 Å². The smallest absolute Gasteiger partial charge is 0.195 e. The monoisotopic (exact) mass is 170 g/mol. The van der Waals surface area contributed by atoms with Gasteiger partial charge in [0.15, 0.2) is 17.8 Å².